The molecule has 3 nitrogen and oxygen atoms in total. The Kier molecular flexibility index (Phi) is 6.40. The number of hydrogen-bond donors (Lipinski definition) is 0. The van der Waals surface area contributed by atoms with Crippen LogP contribution in [0.4, 0.5) is 0 Å². The summed E-state index contributed by atoms with van der Waals surface area (Å²) in [6, 6.07) is 0. The topological polar surface area (TPSA) is 43.4 Å². The molecule has 4 saturated carbocycles. The molecule has 0 unspecified atom stereocenters. The summed E-state index contributed by atoms with van der Waals surface area (Å²) >= 11 is 0. The summed E-state index contributed by atoms with van der Waals surface area (Å²) in [5, 5.41) is 0. The van der Waals surface area contributed by atoms with Crippen LogP contribution >= 0.6 is 30.0 Å². The van der Waals surface area contributed by atoms with Crippen molar-refractivity contribution in [1.29, 1.82) is 0 Å². The van der Waals surface area contributed by atoms with E-state index in [9.17, 15) is 9.59 Å². The average molecular weight is 538 g/mol. The Hall–Kier alpha value is 0.553. The first-order chi connectivity index (χ1) is 13.9. The molecule has 0 aromatic carbocycles. The molecule has 0 saturated heterocycles. The minimum atomic E-state index is -3.53. The van der Waals surface area contributed by atoms with Crippen LogP contribution in [0.5, 0.6) is 0 Å². The number of carbonyl (C=O) groups is 2. The Morgan fingerprint density at radius 2 is 1.57 bits per heavy atom. The van der Waals surface area contributed by atoms with Gasteiger partial charge in [0.15, 0.2) is 0 Å². The maximum absolute atomic E-state index is 12.8. The SMILES string of the molecule is CC(=O)O[C@H]1CC[C@@]2(C)[C@@H](CC[C@@H]3[C@@H]2CC[C@@]2(C)[C@H]3C[C@@H]([Ge]([Cl])([Cl])[Cl])[C@@H]2C(C)=O)C1. The normalized spacial score (nSPS) is 48.3. The molecule has 0 spiro atoms. The van der Waals surface area contributed by atoms with Crippen molar-refractivity contribution in [2.45, 2.75) is 89.9 Å². The van der Waals surface area contributed by atoms with Crippen LogP contribution in [0.25, 0.3) is 0 Å². The van der Waals surface area contributed by atoms with E-state index in [0.29, 0.717) is 29.1 Å². The Morgan fingerprint density at radius 3 is 2.17 bits per heavy atom. The van der Waals surface area contributed by atoms with E-state index in [1.165, 1.54) is 26.2 Å². The predicted molar refractivity (Wildman–Crippen MR) is 124 cm³/mol. The van der Waals surface area contributed by atoms with Crippen LogP contribution in [0.1, 0.15) is 79.1 Å². The maximum atomic E-state index is 12.8. The Labute approximate surface area is 196 Å². The minimum absolute atomic E-state index is 0.00789. The zero-order chi connectivity index (χ0) is 22.1. The summed E-state index contributed by atoms with van der Waals surface area (Å²) in [6.45, 7) is 8.04. The number of rotatable bonds is 3. The van der Waals surface area contributed by atoms with Crippen LogP contribution in [0.2, 0.25) is 4.75 Å². The van der Waals surface area contributed by atoms with Crippen LogP contribution < -0.4 is 0 Å². The van der Waals surface area contributed by atoms with Crippen molar-refractivity contribution >= 4 is 52.3 Å². The van der Waals surface area contributed by atoms with Crippen LogP contribution in [0.15, 0.2) is 0 Å². The first kappa shape index (κ1) is 23.7. The number of ketones is 1. The zero-order valence-electron chi connectivity index (χ0n) is 18.6. The second-order valence-corrected chi connectivity index (χ2v) is 27.3. The van der Waals surface area contributed by atoms with Gasteiger partial charge in [0.1, 0.15) is 0 Å². The molecule has 0 aromatic heterocycles. The Balaban J connectivity index is 1.60. The third-order valence-electron chi connectivity index (χ3n) is 9.87. The molecule has 7 heteroatoms. The van der Waals surface area contributed by atoms with Gasteiger partial charge in [0, 0.05) is 0 Å². The summed E-state index contributed by atoms with van der Waals surface area (Å²) in [6.07, 6.45) is 8.74. The van der Waals surface area contributed by atoms with E-state index >= 15 is 0 Å². The standard InChI is InChI=1S/C23H35Cl3GeO3/c1-13(28)21-20(27(24,25)26)12-19-17-6-5-15-11-16(30-14(2)29)7-9-22(15,3)18(17)8-10-23(19,21)4/h15-21H,5-12H2,1-4H3/t15-,16-,17+,18-,19-,20+,21-,22-,23-/m0/s1. The van der Waals surface area contributed by atoms with Crippen molar-refractivity contribution in [2.24, 2.45) is 40.4 Å². The molecule has 0 heterocycles. The van der Waals surface area contributed by atoms with Gasteiger partial charge >= 0.3 is 197 Å². The molecule has 4 aliphatic rings. The molecule has 0 aliphatic heterocycles. The van der Waals surface area contributed by atoms with Gasteiger partial charge in [0.05, 0.1) is 0 Å². The van der Waals surface area contributed by atoms with Gasteiger partial charge in [-0.3, -0.25) is 0 Å². The number of Topliss-reactive ketones (excluding diaryl/α,β-unsaturated/α-hetero) is 1. The average Bonchev–Trinajstić information content (AvgIpc) is 2.95. The Morgan fingerprint density at radius 1 is 0.900 bits per heavy atom. The molecule has 0 aromatic rings. The molecule has 4 aliphatic carbocycles. The molecule has 170 valence electrons. The molecular formula is C23H35Cl3GeO3. The number of halogens is 3. The van der Waals surface area contributed by atoms with E-state index in [1.807, 2.05) is 0 Å². The van der Waals surface area contributed by atoms with Crippen molar-refractivity contribution in [3.05, 3.63) is 0 Å². The molecule has 30 heavy (non-hydrogen) atoms. The second kappa shape index (κ2) is 8.10. The molecule has 0 N–H and O–H groups in total. The van der Waals surface area contributed by atoms with E-state index in [0.717, 1.165) is 32.1 Å². The molecule has 9 atom stereocenters. The van der Waals surface area contributed by atoms with Crippen LogP contribution in [0, 0.1) is 40.4 Å². The van der Waals surface area contributed by atoms with Gasteiger partial charge in [-0.1, -0.05) is 0 Å². The molecule has 0 radical (unpaired) electrons. The summed E-state index contributed by atoms with van der Waals surface area (Å²) in [7, 11) is 16.3. The molecule has 0 bridgehead atoms. The van der Waals surface area contributed by atoms with Gasteiger partial charge in [-0.2, -0.15) is 0 Å². The molecule has 4 rings (SSSR count). The third kappa shape index (κ3) is 3.80. The number of esters is 1. The van der Waals surface area contributed by atoms with Crippen molar-refractivity contribution in [1.82, 2.24) is 0 Å². The van der Waals surface area contributed by atoms with E-state index in [1.54, 1.807) is 6.92 Å². The van der Waals surface area contributed by atoms with Crippen LogP contribution in [-0.4, -0.2) is 28.3 Å². The van der Waals surface area contributed by atoms with Crippen molar-refractivity contribution in [3.63, 3.8) is 0 Å². The first-order valence-electron chi connectivity index (χ1n) is 11.6. The van der Waals surface area contributed by atoms with Gasteiger partial charge in [-0.15, -0.1) is 0 Å². The fraction of sp³-hybridized carbons (Fsp3) is 0.913. The fourth-order valence-electron chi connectivity index (χ4n) is 8.68. The first-order valence-corrected chi connectivity index (χ1v) is 21.1. The summed E-state index contributed by atoms with van der Waals surface area (Å²) in [5.41, 5.74) is 0.275. The van der Waals surface area contributed by atoms with Gasteiger partial charge in [-0.25, -0.2) is 0 Å². The van der Waals surface area contributed by atoms with Crippen LogP contribution in [-0.2, 0) is 14.3 Å². The Bertz CT molecular complexity index is 725. The third-order valence-corrected chi connectivity index (χ3v) is 17.2. The van der Waals surface area contributed by atoms with Crippen molar-refractivity contribution in [3.8, 4) is 0 Å². The van der Waals surface area contributed by atoms with Crippen LogP contribution in [0.3, 0.4) is 0 Å². The monoisotopic (exact) mass is 538 g/mol. The van der Waals surface area contributed by atoms with Gasteiger partial charge in [0.2, 0.25) is 0 Å². The van der Waals surface area contributed by atoms with Crippen molar-refractivity contribution in [2.75, 3.05) is 0 Å². The molecule has 4 fully saturated rings. The molecule has 0 amide bonds. The summed E-state index contributed by atoms with van der Waals surface area (Å²) in [5.74, 6) is 2.38. The number of ether oxygens (including phenoxy) is 1. The number of hydrogen-bond acceptors (Lipinski definition) is 3. The van der Waals surface area contributed by atoms with E-state index in [-0.39, 0.29) is 33.9 Å². The van der Waals surface area contributed by atoms with Gasteiger partial charge in [-0.05, 0) is 0 Å². The van der Waals surface area contributed by atoms with E-state index < -0.39 is 10.5 Å². The van der Waals surface area contributed by atoms with E-state index in [4.69, 9.17) is 34.8 Å². The van der Waals surface area contributed by atoms with Gasteiger partial charge < -0.3 is 0 Å². The molecular weight excluding hydrogens is 503 g/mol. The summed E-state index contributed by atoms with van der Waals surface area (Å²) in [4.78, 5) is 24.2. The number of carbonyl (C=O) groups excluding carboxylic acids is 2. The fourth-order valence-corrected chi connectivity index (χ4v) is 15.2. The van der Waals surface area contributed by atoms with E-state index in [2.05, 4.69) is 13.8 Å². The summed E-state index contributed by atoms with van der Waals surface area (Å²) < 4.78 is 5.58. The quantitative estimate of drug-likeness (QED) is 0.293. The zero-order valence-corrected chi connectivity index (χ0v) is 22.9. The van der Waals surface area contributed by atoms with Gasteiger partial charge in [0.25, 0.3) is 0 Å². The second-order valence-electron chi connectivity index (χ2n) is 11.2. The number of fused-ring (bicyclic) bond motifs is 5. The predicted octanol–water partition coefficient (Wildman–Crippen LogP) is 6.80. The van der Waals surface area contributed by atoms with Crippen molar-refractivity contribution < 1.29 is 14.3 Å².